The van der Waals surface area contributed by atoms with E-state index in [4.69, 9.17) is 9.72 Å². The van der Waals surface area contributed by atoms with Crippen molar-refractivity contribution in [2.45, 2.75) is 50.6 Å². The molecule has 2 aromatic carbocycles. The Labute approximate surface area is 227 Å². The van der Waals surface area contributed by atoms with E-state index < -0.39 is 0 Å². The monoisotopic (exact) mass is 519 g/mol. The SMILES string of the molecule is Cn1ncnc1-c1ccc(-c2[nH]nc3ncc(-c4ccc5c(c4)CC[C@@H](N[C@H]4CCCOC4)CC5)cc23)cc1. The second-order valence-electron chi connectivity index (χ2n) is 10.8. The van der Waals surface area contributed by atoms with E-state index in [1.165, 1.54) is 42.4 Å². The molecule has 0 amide bonds. The maximum atomic E-state index is 5.69. The lowest BCUT2D eigenvalue weighted by Gasteiger charge is -2.28. The van der Waals surface area contributed by atoms with E-state index in [1.807, 2.05) is 13.2 Å². The minimum absolute atomic E-state index is 0.505. The standard InChI is InChI=1S/C31H33N7O/c1-38-31(33-19-34-38)22-7-5-21(6-8-22)29-28-16-25(17-32-30(28)37-36-29)24-9-4-20-10-12-26(13-11-23(20)15-24)35-27-3-2-14-39-18-27/h4-9,15-17,19,26-27,35H,2-3,10-14,18H2,1H3,(H,32,36,37)/t26-,27-/m0/s1. The van der Waals surface area contributed by atoms with Gasteiger partial charge in [-0.1, -0.05) is 42.5 Å². The maximum absolute atomic E-state index is 5.69. The van der Waals surface area contributed by atoms with Crippen LogP contribution < -0.4 is 5.32 Å². The van der Waals surface area contributed by atoms with E-state index in [-0.39, 0.29) is 0 Å². The summed E-state index contributed by atoms with van der Waals surface area (Å²) in [6, 6.07) is 18.5. The summed E-state index contributed by atoms with van der Waals surface area (Å²) in [5.41, 5.74) is 9.04. The van der Waals surface area contributed by atoms with E-state index in [9.17, 15) is 0 Å². The number of aromatic nitrogens is 6. The molecule has 0 radical (unpaired) electrons. The molecule has 2 atom stereocenters. The van der Waals surface area contributed by atoms with Gasteiger partial charge < -0.3 is 10.1 Å². The van der Waals surface area contributed by atoms with E-state index in [0.717, 1.165) is 65.3 Å². The number of hydrogen-bond acceptors (Lipinski definition) is 6. The van der Waals surface area contributed by atoms with Crippen LogP contribution in [0.4, 0.5) is 0 Å². The van der Waals surface area contributed by atoms with Crippen LogP contribution in [0, 0.1) is 0 Å². The van der Waals surface area contributed by atoms with Gasteiger partial charge in [0.2, 0.25) is 0 Å². The number of nitrogens with zero attached hydrogens (tertiary/aromatic N) is 5. The molecule has 1 aliphatic carbocycles. The smallest absolute Gasteiger partial charge is 0.181 e. The average molecular weight is 520 g/mol. The van der Waals surface area contributed by atoms with Crippen molar-refractivity contribution < 1.29 is 4.74 Å². The zero-order valence-corrected chi connectivity index (χ0v) is 22.2. The Bertz CT molecular complexity index is 1600. The van der Waals surface area contributed by atoms with Crippen molar-refractivity contribution in [1.82, 2.24) is 35.3 Å². The summed E-state index contributed by atoms with van der Waals surface area (Å²) in [7, 11) is 1.90. The Morgan fingerprint density at radius 1 is 0.872 bits per heavy atom. The lowest BCUT2D eigenvalue weighted by molar-refractivity contribution is 0.0656. The van der Waals surface area contributed by atoms with Gasteiger partial charge in [0.1, 0.15) is 6.33 Å². The number of nitrogens with one attached hydrogen (secondary N) is 2. The predicted molar refractivity (Wildman–Crippen MR) is 152 cm³/mol. The van der Waals surface area contributed by atoms with Gasteiger partial charge in [-0.15, -0.1) is 0 Å². The van der Waals surface area contributed by atoms with Gasteiger partial charge in [-0.05, 0) is 61.3 Å². The average Bonchev–Trinajstić information content (AvgIpc) is 3.55. The lowest BCUT2D eigenvalue weighted by atomic mass is 9.96. The van der Waals surface area contributed by atoms with Crippen LogP contribution in [0.1, 0.15) is 36.8 Å². The predicted octanol–water partition coefficient (Wildman–Crippen LogP) is 5.10. The minimum atomic E-state index is 0.505. The molecule has 7 rings (SSSR count). The van der Waals surface area contributed by atoms with Crippen molar-refractivity contribution >= 4 is 11.0 Å². The van der Waals surface area contributed by atoms with Crippen molar-refractivity contribution in [3.05, 3.63) is 72.2 Å². The summed E-state index contributed by atoms with van der Waals surface area (Å²) in [6.07, 6.45) is 10.5. The number of ether oxygens (including phenoxy) is 1. The first kappa shape index (κ1) is 24.2. The second kappa shape index (κ2) is 10.4. The third-order valence-electron chi connectivity index (χ3n) is 8.25. The highest BCUT2D eigenvalue weighted by Crippen LogP contribution is 2.32. The molecular formula is C31H33N7O. The summed E-state index contributed by atoms with van der Waals surface area (Å²) >= 11 is 0. The molecule has 0 bridgehead atoms. The number of benzene rings is 2. The van der Waals surface area contributed by atoms with Crippen LogP contribution in [0.15, 0.2) is 61.1 Å². The molecule has 5 aromatic rings. The Kier molecular flexibility index (Phi) is 6.42. The Morgan fingerprint density at radius 3 is 2.49 bits per heavy atom. The van der Waals surface area contributed by atoms with E-state index in [0.29, 0.717) is 12.1 Å². The normalized spacial score (nSPS) is 19.6. The molecule has 3 aromatic heterocycles. The molecule has 1 saturated heterocycles. The molecule has 1 fully saturated rings. The molecule has 4 heterocycles. The first-order valence-corrected chi connectivity index (χ1v) is 14.0. The van der Waals surface area contributed by atoms with Crippen LogP contribution >= 0.6 is 0 Å². The molecule has 2 N–H and O–H groups in total. The summed E-state index contributed by atoms with van der Waals surface area (Å²) in [5, 5.41) is 16.8. The fourth-order valence-corrected chi connectivity index (χ4v) is 6.08. The first-order valence-electron chi connectivity index (χ1n) is 14.0. The van der Waals surface area contributed by atoms with Crippen molar-refractivity contribution in [3.8, 4) is 33.8 Å². The van der Waals surface area contributed by atoms with Crippen LogP contribution in [0.2, 0.25) is 0 Å². The molecule has 1 aliphatic heterocycles. The third kappa shape index (κ3) is 4.86. The topological polar surface area (TPSA) is 93.5 Å². The van der Waals surface area contributed by atoms with E-state index >= 15 is 0 Å². The third-order valence-corrected chi connectivity index (χ3v) is 8.25. The molecular weight excluding hydrogens is 486 g/mol. The maximum Gasteiger partial charge on any atom is 0.181 e. The number of fused-ring (bicyclic) bond motifs is 2. The van der Waals surface area contributed by atoms with Gasteiger partial charge in [-0.2, -0.15) is 10.2 Å². The Hall–Kier alpha value is -3.88. The van der Waals surface area contributed by atoms with Gasteiger partial charge in [0.25, 0.3) is 0 Å². The molecule has 198 valence electrons. The number of aromatic amines is 1. The zero-order chi connectivity index (χ0) is 26.2. The van der Waals surface area contributed by atoms with Crippen molar-refractivity contribution in [3.63, 3.8) is 0 Å². The lowest BCUT2D eigenvalue weighted by Crippen LogP contribution is -2.43. The van der Waals surface area contributed by atoms with Crippen LogP contribution in [0.25, 0.3) is 44.8 Å². The zero-order valence-electron chi connectivity index (χ0n) is 22.2. The molecule has 0 unspecified atom stereocenters. The van der Waals surface area contributed by atoms with Crippen LogP contribution in [0.3, 0.4) is 0 Å². The fourth-order valence-electron chi connectivity index (χ4n) is 6.08. The summed E-state index contributed by atoms with van der Waals surface area (Å²) in [4.78, 5) is 9.05. The van der Waals surface area contributed by atoms with Crippen molar-refractivity contribution in [1.29, 1.82) is 0 Å². The minimum Gasteiger partial charge on any atom is -0.380 e. The number of aryl methyl sites for hydroxylation is 3. The Balaban J connectivity index is 1.13. The Morgan fingerprint density at radius 2 is 1.69 bits per heavy atom. The quantitative estimate of drug-likeness (QED) is 0.314. The van der Waals surface area contributed by atoms with Gasteiger partial charge in [0.05, 0.1) is 12.3 Å². The van der Waals surface area contributed by atoms with Crippen molar-refractivity contribution in [2.24, 2.45) is 7.05 Å². The van der Waals surface area contributed by atoms with Crippen molar-refractivity contribution in [2.75, 3.05) is 13.2 Å². The summed E-state index contributed by atoms with van der Waals surface area (Å²) < 4.78 is 7.46. The molecule has 8 nitrogen and oxygen atoms in total. The van der Waals surface area contributed by atoms with Gasteiger partial charge in [-0.25, -0.2) is 14.6 Å². The molecule has 0 saturated carbocycles. The van der Waals surface area contributed by atoms with Gasteiger partial charge >= 0.3 is 0 Å². The largest absolute Gasteiger partial charge is 0.380 e. The number of pyridine rings is 1. The van der Waals surface area contributed by atoms with Crippen LogP contribution in [0.5, 0.6) is 0 Å². The summed E-state index contributed by atoms with van der Waals surface area (Å²) in [5.74, 6) is 0.841. The van der Waals surface area contributed by atoms with Gasteiger partial charge in [0.15, 0.2) is 11.5 Å². The molecule has 2 aliphatic rings. The van der Waals surface area contributed by atoms with Crippen LogP contribution in [-0.4, -0.2) is 55.2 Å². The highest BCUT2D eigenvalue weighted by molar-refractivity contribution is 5.93. The highest BCUT2D eigenvalue weighted by atomic mass is 16.5. The highest BCUT2D eigenvalue weighted by Gasteiger charge is 2.22. The number of rotatable bonds is 5. The van der Waals surface area contributed by atoms with Gasteiger partial charge in [0, 0.05) is 54.0 Å². The molecule has 39 heavy (non-hydrogen) atoms. The number of H-pyrrole nitrogens is 1. The fraction of sp³-hybridized carbons (Fsp3) is 0.355. The number of hydrogen-bond donors (Lipinski definition) is 2. The van der Waals surface area contributed by atoms with E-state index in [1.54, 1.807) is 11.0 Å². The van der Waals surface area contributed by atoms with Crippen LogP contribution in [-0.2, 0) is 24.6 Å². The molecule has 8 heteroatoms. The molecule has 0 spiro atoms. The van der Waals surface area contributed by atoms with Gasteiger partial charge in [-0.3, -0.25) is 5.10 Å². The first-order chi connectivity index (χ1) is 19.2. The second-order valence-corrected chi connectivity index (χ2v) is 10.8. The summed E-state index contributed by atoms with van der Waals surface area (Å²) in [6.45, 7) is 1.76. The van der Waals surface area contributed by atoms with E-state index in [2.05, 4.69) is 74.1 Å².